The maximum atomic E-state index is 6.05. The molecule has 114 valence electrons. The van der Waals surface area contributed by atoms with Gasteiger partial charge in [0.25, 0.3) is 0 Å². The Kier molecular flexibility index (Phi) is 6.84. The Labute approximate surface area is 129 Å². The molecule has 0 saturated carbocycles. The van der Waals surface area contributed by atoms with Gasteiger partial charge < -0.3 is 10.6 Å². The largest absolute Gasteiger partial charge is 0.398 e. The van der Waals surface area contributed by atoms with Gasteiger partial charge in [0.15, 0.2) is 0 Å². The molecule has 20 heavy (non-hydrogen) atoms. The van der Waals surface area contributed by atoms with Gasteiger partial charge in [-0.1, -0.05) is 50.4 Å². The summed E-state index contributed by atoms with van der Waals surface area (Å²) in [5, 5.41) is 0.657. The molecule has 1 rings (SSSR count). The van der Waals surface area contributed by atoms with Gasteiger partial charge in [0.2, 0.25) is 0 Å². The number of hydrogen-bond donors (Lipinski definition) is 1. The van der Waals surface area contributed by atoms with Crippen LogP contribution < -0.4 is 5.73 Å². The Morgan fingerprint density at radius 1 is 1.60 bits per heavy atom. The Hall–Kier alpha value is -0.730. The number of allylic oxidation sites excluding steroid dienone is 2. The minimum atomic E-state index is 0.490. The second-order valence-corrected chi connectivity index (χ2v) is 6.64. The van der Waals surface area contributed by atoms with Crippen LogP contribution in [0.1, 0.15) is 40.0 Å². The quantitative estimate of drug-likeness (QED) is 0.839. The van der Waals surface area contributed by atoms with E-state index in [4.69, 9.17) is 17.3 Å². The van der Waals surface area contributed by atoms with Gasteiger partial charge >= 0.3 is 0 Å². The monoisotopic (exact) mass is 296 g/mol. The third-order valence-corrected chi connectivity index (χ3v) is 4.47. The van der Waals surface area contributed by atoms with Crippen molar-refractivity contribution in [3.63, 3.8) is 0 Å². The van der Waals surface area contributed by atoms with Crippen molar-refractivity contribution in [3.8, 4) is 0 Å². The average molecular weight is 297 g/mol. The number of halogens is 1. The lowest BCUT2D eigenvalue weighted by molar-refractivity contribution is 0.262. The van der Waals surface area contributed by atoms with Gasteiger partial charge in [0, 0.05) is 23.8 Å². The van der Waals surface area contributed by atoms with E-state index in [0.29, 0.717) is 22.6 Å². The summed E-state index contributed by atoms with van der Waals surface area (Å²) in [5.74, 6) is 1.12. The number of nitrogens with two attached hydrogens (primary N) is 1. The molecule has 2 unspecified atom stereocenters. The first-order chi connectivity index (χ1) is 9.36. The fraction of sp³-hybridized carbons (Fsp3) is 0.647. The zero-order valence-corrected chi connectivity index (χ0v) is 14.1. The molecule has 1 heterocycles. The third kappa shape index (κ3) is 4.68. The summed E-state index contributed by atoms with van der Waals surface area (Å²) >= 11 is 6.02. The molecule has 0 radical (unpaired) electrons. The first-order valence-electron chi connectivity index (χ1n) is 7.56. The van der Waals surface area contributed by atoms with Crippen LogP contribution in [0, 0.1) is 11.8 Å². The summed E-state index contributed by atoms with van der Waals surface area (Å²) in [6, 6.07) is 0. The molecule has 0 aromatic heterocycles. The van der Waals surface area contributed by atoms with E-state index in [1.807, 2.05) is 6.92 Å². The summed E-state index contributed by atoms with van der Waals surface area (Å²) in [6.07, 6.45) is 5.50. The highest BCUT2D eigenvalue weighted by molar-refractivity contribution is 6.29. The fourth-order valence-corrected chi connectivity index (χ4v) is 2.93. The Morgan fingerprint density at radius 2 is 2.25 bits per heavy atom. The lowest BCUT2D eigenvalue weighted by Gasteiger charge is -2.28. The van der Waals surface area contributed by atoms with Crippen molar-refractivity contribution in [1.82, 2.24) is 4.90 Å². The molecule has 0 bridgehead atoms. The van der Waals surface area contributed by atoms with Crippen molar-refractivity contribution >= 4 is 11.6 Å². The normalized spacial score (nSPS) is 26.4. The van der Waals surface area contributed by atoms with E-state index < -0.39 is 0 Å². The van der Waals surface area contributed by atoms with E-state index in [-0.39, 0.29) is 0 Å². The molecule has 1 aliphatic rings. The SMILES string of the molecule is C=C1CCN(C)CC(C(C)CCC)/C1=C/C(N)=C(\C)Cl. The molecule has 0 aromatic carbocycles. The highest BCUT2D eigenvalue weighted by Crippen LogP contribution is 2.34. The van der Waals surface area contributed by atoms with Crippen LogP contribution in [0.5, 0.6) is 0 Å². The maximum absolute atomic E-state index is 6.05. The lowest BCUT2D eigenvalue weighted by atomic mass is 9.81. The van der Waals surface area contributed by atoms with E-state index in [1.165, 1.54) is 24.0 Å². The topological polar surface area (TPSA) is 29.3 Å². The van der Waals surface area contributed by atoms with Crippen LogP contribution in [0.4, 0.5) is 0 Å². The van der Waals surface area contributed by atoms with Crippen LogP contribution >= 0.6 is 11.6 Å². The van der Waals surface area contributed by atoms with Crippen molar-refractivity contribution in [2.24, 2.45) is 17.6 Å². The standard InChI is InChI=1S/C17H29ClN2/c1-6-7-12(2)16-11-20(5)9-8-13(3)15(16)10-17(19)14(4)18/h10,12,16H,3,6-9,11,19H2,1-2,4-5H3/b15-10+,17-14-. The lowest BCUT2D eigenvalue weighted by Crippen LogP contribution is -2.28. The number of rotatable bonds is 4. The molecule has 0 amide bonds. The molecule has 2 nitrogen and oxygen atoms in total. The van der Waals surface area contributed by atoms with E-state index in [2.05, 4.69) is 38.5 Å². The highest BCUT2D eigenvalue weighted by atomic mass is 35.5. The highest BCUT2D eigenvalue weighted by Gasteiger charge is 2.27. The summed E-state index contributed by atoms with van der Waals surface area (Å²) in [5.41, 5.74) is 9.23. The van der Waals surface area contributed by atoms with Crippen molar-refractivity contribution in [3.05, 3.63) is 34.5 Å². The van der Waals surface area contributed by atoms with Gasteiger partial charge in [0.1, 0.15) is 0 Å². The van der Waals surface area contributed by atoms with Crippen LogP contribution in [0.2, 0.25) is 0 Å². The second kappa shape index (κ2) is 7.90. The third-order valence-electron chi connectivity index (χ3n) is 4.25. The molecule has 1 fully saturated rings. The Balaban J connectivity index is 3.15. The summed E-state index contributed by atoms with van der Waals surface area (Å²) in [6.45, 7) is 12.8. The van der Waals surface area contributed by atoms with E-state index in [1.54, 1.807) is 0 Å². The molecule has 1 aliphatic heterocycles. The molecule has 3 heteroatoms. The van der Waals surface area contributed by atoms with Gasteiger partial charge in [-0.15, -0.1) is 0 Å². The predicted octanol–water partition coefficient (Wildman–Crippen LogP) is 4.29. The number of nitrogens with zero attached hydrogens (tertiary/aromatic N) is 1. The molecular formula is C17H29ClN2. The summed E-state index contributed by atoms with van der Waals surface area (Å²) in [4.78, 5) is 2.40. The van der Waals surface area contributed by atoms with E-state index in [9.17, 15) is 0 Å². The first-order valence-corrected chi connectivity index (χ1v) is 7.94. The maximum Gasteiger partial charge on any atom is 0.0461 e. The number of hydrogen-bond acceptors (Lipinski definition) is 2. The van der Waals surface area contributed by atoms with Gasteiger partial charge in [-0.05, 0) is 43.9 Å². The minimum absolute atomic E-state index is 0.490. The zero-order valence-electron chi connectivity index (χ0n) is 13.4. The van der Waals surface area contributed by atoms with Crippen LogP contribution in [0.15, 0.2) is 34.5 Å². The van der Waals surface area contributed by atoms with Gasteiger partial charge in [-0.25, -0.2) is 0 Å². The first kappa shape index (κ1) is 17.3. The van der Waals surface area contributed by atoms with E-state index in [0.717, 1.165) is 19.5 Å². The fourth-order valence-electron chi connectivity index (χ4n) is 2.88. The van der Waals surface area contributed by atoms with Crippen molar-refractivity contribution in [2.75, 3.05) is 20.1 Å². The minimum Gasteiger partial charge on any atom is -0.398 e. The van der Waals surface area contributed by atoms with Crippen molar-refractivity contribution < 1.29 is 0 Å². The molecule has 2 N–H and O–H groups in total. The van der Waals surface area contributed by atoms with Crippen LogP contribution in [0.3, 0.4) is 0 Å². The second-order valence-electron chi connectivity index (χ2n) is 6.08. The molecule has 1 saturated heterocycles. The Bertz CT molecular complexity index is 405. The molecule has 2 atom stereocenters. The smallest absolute Gasteiger partial charge is 0.0461 e. The molecule has 0 aliphatic carbocycles. The van der Waals surface area contributed by atoms with Crippen molar-refractivity contribution in [1.29, 1.82) is 0 Å². The molecule has 0 spiro atoms. The summed E-state index contributed by atoms with van der Waals surface area (Å²) < 4.78 is 0. The van der Waals surface area contributed by atoms with Crippen LogP contribution in [0.25, 0.3) is 0 Å². The van der Waals surface area contributed by atoms with Gasteiger partial charge in [-0.2, -0.15) is 0 Å². The zero-order chi connectivity index (χ0) is 15.3. The predicted molar refractivity (Wildman–Crippen MR) is 89.6 cm³/mol. The number of likely N-dealkylation sites (tertiary alicyclic amines) is 1. The van der Waals surface area contributed by atoms with Gasteiger partial charge in [-0.3, -0.25) is 0 Å². The molecular weight excluding hydrogens is 268 g/mol. The van der Waals surface area contributed by atoms with Gasteiger partial charge in [0.05, 0.1) is 0 Å². The van der Waals surface area contributed by atoms with E-state index >= 15 is 0 Å². The average Bonchev–Trinajstić information content (AvgIpc) is 2.52. The van der Waals surface area contributed by atoms with Crippen LogP contribution in [-0.2, 0) is 0 Å². The Morgan fingerprint density at radius 3 is 2.80 bits per heavy atom. The summed E-state index contributed by atoms with van der Waals surface area (Å²) in [7, 11) is 2.19. The molecule has 0 aromatic rings. The van der Waals surface area contributed by atoms with Crippen LogP contribution in [-0.4, -0.2) is 25.0 Å². The van der Waals surface area contributed by atoms with Crippen molar-refractivity contribution in [2.45, 2.75) is 40.0 Å².